The van der Waals surface area contributed by atoms with Crippen LogP contribution in [0.4, 0.5) is 11.4 Å². The molecule has 1 aliphatic rings. The lowest BCUT2D eigenvalue weighted by Gasteiger charge is -2.17. The third-order valence-electron chi connectivity index (χ3n) is 5.39. The summed E-state index contributed by atoms with van der Waals surface area (Å²) in [5.74, 6) is -0.562. The molecule has 1 aliphatic heterocycles. The van der Waals surface area contributed by atoms with E-state index in [1.165, 1.54) is 4.90 Å². The van der Waals surface area contributed by atoms with Gasteiger partial charge in [0.2, 0.25) is 5.91 Å². The number of benzene rings is 3. The van der Waals surface area contributed by atoms with E-state index in [1.54, 1.807) is 36.4 Å². The van der Waals surface area contributed by atoms with Gasteiger partial charge in [-0.05, 0) is 61.0 Å². The van der Waals surface area contributed by atoms with Gasteiger partial charge >= 0.3 is 5.97 Å². The minimum Gasteiger partial charge on any atom is -0.457 e. The molecule has 1 fully saturated rings. The Hall–Kier alpha value is -3.84. The van der Waals surface area contributed by atoms with Crippen molar-refractivity contribution in [2.45, 2.75) is 13.3 Å². The number of carbonyl (C=O) groups excluding carboxylic acids is 3. The van der Waals surface area contributed by atoms with Crippen LogP contribution in [-0.4, -0.2) is 30.9 Å². The molecule has 3 aromatic rings. The van der Waals surface area contributed by atoms with Crippen molar-refractivity contribution in [1.82, 2.24) is 0 Å². The molecule has 0 radical (unpaired) electrons. The average molecular weight is 479 g/mol. The zero-order valence-electron chi connectivity index (χ0n) is 18.5. The quantitative estimate of drug-likeness (QED) is 0.484. The highest BCUT2D eigenvalue weighted by molar-refractivity contribution is 6.31. The van der Waals surface area contributed by atoms with Crippen molar-refractivity contribution in [3.05, 3.63) is 83.4 Å². The third-order valence-corrected chi connectivity index (χ3v) is 5.80. The number of nitrogens with one attached hydrogen (secondary N) is 1. The SMILES string of the molecule is Cc1ccc(N2C[C@@H](C(=O)OCC(=O)Nc3ccc(Oc4ccccc4)cc3)CC2=O)cc1Cl. The molecule has 7 nitrogen and oxygen atoms in total. The highest BCUT2D eigenvalue weighted by Crippen LogP contribution is 2.29. The zero-order chi connectivity index (χ0) is 24.1. The Morgan fingerprint density at radius 2 is 1.74 bits per heavy atom. The summed E-state index contributed by atoms with van der Waals surface area (Å²) >= 11 is 6.15. The molecule has 3 aromatic carbocycles. The molecule has 174 valence electrons. The number of hydrogen-bond donors (Lipinski definition) is 1. The lowest BCUT2D eigenvalue weighted by molar-refractivity contribution is -0.151. The van der Waals surface area contributed by atoms with E-state index >= 15 is 0 Å². The van der Waals surface area contributed by atoms with Gasteiger partial charge in [0.25, 0.3) is 5.91 Å². The second-order valence-corrected chi connectivity index (χ2v) is 8.34. The van der Waals surface area contributed by atoms with Crippen molar-refractivity contribution in [2.75, 3.05) is 23.4 Å². The Morgan fingerprint density at radius 1 is 1.03 bits per heavy atom. The maximum Gasteiger partial charge on any atom is 0.311 e. The molecule has 8 heteroatoms. The number of para-hydroxylation sites is 1. The number of aryl methyl sites for hydroxylation is 1. The first-order chi connectivity index (χ1) is 16.4. The Labute approximate surface area is 202 Å². The van der Waals surface area contributed by atoms with E-state index in [0.29, 0.717) is 27.9 Å². The van der Waals surface area contributed by atoms with E-state index < -0.39 is 24.4 Å². The number of nitrogens with zero attached hydrogens (tertiary/aromatic N) is 1. The predicted molar refractivity (Wildman–Crippen MR) is 129 cm³/mol. The first kappa shape index (κ1) is 23.3. The second-order valence-electron chi connectivity index (χ2n) is 7.93. The Morgan fingerprint density at radius 3 is 2.44 bits per heavy atom. The fourth-order valence-corrected chi connectivity index (χ4v) is 3.72. The molecule has 0 spiro atoms. The van der Waals surface area contributed by atoms with Gasteiger partial charge in [0.05, 0.1) is 5.92 Å². The van der Waals surface area contributed by atoms with E-state index in [9.17, 15) is 14.4 Å². The van der Waals surface area contributed by atoms with Gasteiger partial charge in [-0.3, -0.25) is 14.4 Å². The van der Waals surface area contributed by atoms with Crippen LogP contribution in [0.15, 0.2) is 72.8 Å². The summed E-state index contributed by atoms with van der Waals surface area (Å²) in [6.45, 7) is 1.61. The van der Waals surface area contributed by atoms with Gasteiger partial charge in [0, 0.05) is 29.4 Å². The summed E-state index contributed by atoms with van der Waals surface area (Å²) in [5.41, 5.74) is 2.07. The number of carbonyl (C=O) groups is 3. The number of esters is 1. The van der Waals surface area contributed by atoms with Gasteiger partial charge in [0.1, 0.15) is 11.5 Å². The molecule has 1 atom stereocenters. The Bertz CT molecular complexity index is 1200. The molecule has 0 unspecified atom stereocenters. The first-order valence-corrected chi connectivity index (χ1v) is 11.1. The van der Waals surface area contributed by atoms with Crippen LogP contribution in [0.3, 0.4) is 0 Å². The van der Waals surface area contributed by atoms with Gasteiger partial charge in [-0.25, -0.2) is 0 Å². The molecule has 0 aromatic heterocycles. The van der Waals surface area contributed by atoms with E-state index in [4.69, 9.17) is 21.1 Å². The van der Waals surface area contributed by atoms with Gasteiger partial charge in [-0.1, -0.05) is 35.9 Å². The van der Waals surface area contributed by atoms with E-state index in [0.717, 1.165) is 5.56 Å². The first-order valence-electron chi connectivity index (χ1n) is 10.7. The van der Waals surface area contributed by atoms with Crippen LogP contribution < -0.4 is 15.0 Å². The van der Waals surface area contributed by atoms with Gasteiger partial charge in [-0.2, -0.15) is 0 Å². The number of ether oxygens (including phenoxy) is 2. The highest BCUT2D eigenvalue weighted by Gasteiger charge is 2.36. The predicted octanol–water partition coefficient (Wildman–Crippen LogP) is 4.98. The van der Waals surface area contributed by atoms with Crippen molar-refractivity contribution in [3.63, 3.8) is 0 Å². The molecule has 0 bridgehead atoms. The fourth-order valence-electron chi connectivity index (χ4n) is 3.55. The van der Waals surface area contributed by atoms with Crippen molar-refractivity contribution in [1.29, 1.82) is 0 Å². The van der Waals surface area contributed by atoms with Crippen LogP contribution in [0.1, 0.15) is 12.0 Å². The maximum atomic E-state index is 12.4. The summed E-state index contributed by atoms with van der Waals surface area (Å²) in [6, 6.07) is 21.5. The van der Waals surface area contributed by atoms with Crippen LogP contribution in [0, 0.1) is 12.8 Å². The van der Waals surface area contributed by atoms with Crippen molar-refractivity contribution >= 4 is 40.8 Å². The maximum absolute atomic E-state index is 12.4. The fraction of sp³-hybridized carbons (Fsp3) is 0.192. The van der Waals surface area contributed by atoms with Crippen molar-refractivity contribution in [2.24, 2.45) is 5.92 Å². The Kier molecular flexibility index (Phi) is 7.13. The molecule has 4 rings (SSSR count). The second kappa shape index (κ2) is 10.4. The zero-order valence-corrected chi connectivity index (χ0v) is 19.2. The third kappa shape index (κ3) is 5.74. The standard InChI is InChI=1S/C26H23ClN2O5/c1-17-7-10-20(14-23(17)27)29-15-18(13-25(29)31)26(32)33-16-24(30)28-19-8-11-22(12-9-19)34-21-5-3-2-4-6-21/h2-12,14,18H,13,15-16H2,1H3,(H,28,30)/t18-/m0/s1. The van der Waals surface area contributed by atoms with E-state index in [2.05, 4.69) is 5.32 Å². The number of rotatable bonds is 7. The number of halogens is 1. The Balaban J connectivity index is 1.25. The minimum absolute atomic E-state index is 0.0226. The van der Waals surface area contributed by atoms with Crippen LogP contribution in [0.2, 0.25) is 5.02 Å². The summed E-state index contributed by atoms with van der Waals surface area (Å²) in [7, 11) is 0. The molecular weight excluding hydrogens is 456 g/mol. The molecule has 1 saturated heterocycles. The molecule has 1 heterocycles. The van der Waals surface area contributed by atoms with E-state index in [1.807, 2.05) is 43.3 Å². The molecule has 1 N–H and O–H groups in total. The lowest BCUT2D eigenvalue weighted by Crippen LogP contribution is -2.28. The molecule has 34 heavy (non-hydrogen) atoms. The smallest absolute Gasteiger partial charge is 0.311 e. The van der Waals surface area contributed by atoms with Crippen molar-refractivity contribution < 1.29 is 23.9 Å². The van der Waals surface area contributed by atoms with Crippen molar-refractivity contribution in [3.8, 4) is 11.5 Å². The lowest BCUT2D eigenvalue weighted by atomic mass is 10.1. The highest BCUT2D eigenvalue weighted by atomic mass is 35.5. The minimum atomic E-state index is -0.644. The normalized spacial score (nSPS) is 15.2. The number of anilines is 2. The van der Waals surface area contributed by atoms with E-state index in [-0.39, 0.29) is 18.9 Å². The summed E-state index contributed by atoms with van der Waals surface area (Å²) in [4.78, 5) is 38.6. The van der Waals surface area contributed by atoms with Gasteiger partial charge in [0.15, 0.2) is 6.61 Å². The van der Waals surface area contributed by atoms with Crippen LogP contribution in [-0.2, 0) is 19.1 Å². The molecule has 2 amide bonds. The molecular formula is C26H23ClN2O5. The largest absolute Gasteiger partial charge is 0.457 e. The summed E-state index contributed by atoms with van der Waals surface area (Å²) < 4.78 is 10.9. The monoisotopic (exact) mass is 478 g/mol. The summed E-state index contributed by atoms with van der Waals surface area (Å²) in [6.07, 6.45) is 0.0226. The number of hydrogen-bond acceptors (Lipinski definition) is 5. The number of amides is 2. The van der Waals surface area contributed by atoms with Crippen LogP contribution >= 0.6 is 11.6 Å². The molecule has 0 aliphatic carbocycles. The van der Waals surface area contributed by atoms with Crippen LogP contribution in [0.5, 0.6) is 11.5 Å². The van der Waals surface area contributed by atoms with Gasteiger partial charge in [-0.15, -0.1) is 0 Å². The van der Waals surface area contributed by atoms with Crippen LogP contribution in [0.25, 0.3) is 0 Å². The molecule has 0 saturated carbocycles. The summed E-state index contributed by atoms with van der Waals surface area (Å²) in [5, 5.41) is 3.22. The average Bonchev–Trinajstić information content (AvgIpc) is 3.23. The topological polar surface area (TPSA) is 84.9 Å². The van der Waals surface area contributed by atoms with Gasteiger partial charge < -0.3 is 19.7 Å².